The van der Waals surface area contributed by atoms with E-state index in [0.717, 1.165) is 62.6 Å². The molecule has 1 N–H and O–H groups in total. The van der Waals surface area contributed by atoms with Gasteiger partial charge in [0, 0.05) is 33.0 Å². The maximum atomic E-state index is 6.67. The fourth-order valence-electron chi connectivity index (χ4n) is 7.65. The van der Waals surface area contributed by atoms with Crippen LogP contribution in [0.15, 0.2) is 168 Å². The van der Waals surface area contributed by atoms with Crippen molar-refractivity contribution in [1.82, 2.24) is 9.88 Å². The van der Waals surface area contributed by atoms with Gasteiger partial charge in [0.1, 0.15) is 23.5 Å². The van der Waals surface area contributed by atoms with Gasteiger partial charge in [0.2, 0.25) is 0 Å². The Morgan fingerprint density at radius 2 is 1.36 bits per heavy atom. The van der Waals surface area contributed by atoms with Gasteiger partial charge in [0.25, 0.3) is 0 Å². The molecule has 0 amide bonds. The molecule has 10 rings (SSSR count). The molecule has 0 radical (unpaired) electrons. The largest absolute Gasteiger partial charge is 0.459 e. The van der Waals surface area contributed by atoms with Crippen LogP contribution in [0.5, 0.6) is 5.75 Å². The van der Waals surface area contributed by atoms with E-state index in [2.05, 4.69) is 162 Å². The third-order valence-electron chi connectivity index (χ3n) is 10.00. The van der Waals surface area contributed by atoms with Crippen molar-refractivity contribution in [3.63, 3.8) is 0 Å². The summed E-state index contributed by atoms with van der Waals surface area (Å²) >= 11 is 0. The highest BCUT2D eigenvalue weighted by molar-refractivity contribution is 6.13. The molecule has 1 aromatic heterocycles. The molecule has 0 saturated carbocycles. The molecule has 3 heterocycles. The molecule has 7 aromatic rings. The number of fused-ring (bicyclic) bond motifs is 6. The third-order valence-corrected chi connectivity index (χ3v) is 10.00. The molecule has 0 fully saturated rings. The molecule has 5 nitrogen and oxygen atoms in total. The number of hydrogen-bond acceptors (Lipinski definition) is 4. The van der Waals surface area contributed by atoms with Crippen molar-refractivity contribution < 1.29 is 4.74 Å². The maximum absolute atomic E-state index is 6.67. The van der Waals surface area contributed by atoms with Crippen molar-refractivity contribution in [1.29, 1.82) is 0 Å². The molecule has 0 spiro atoms. The van der Waals surface area contributed by atoms with Gasteiger partial charge in [0.05, 0.1) is 16.8 Å². The average molecular weight is 645 g/mol. The Hall–Kier alpha value is -6.46. The monoisotopic (exact) mass is 644 g/mol. The Balaban J connectivity index is 1.14. The van der Waals surface area contributed by atoms with Gasteiger partial charge in [-0.25, -0.2) is 9.98 Å². The van der Waals surface area contributed by atoms with Gasteiger partial charge in [0.15, 0.2) is 5.84 Å². The van der Waals surface area contributed by atoms with Crippen LogP contribution in [0, 0.1) is 0 Å². The van der Waals surface area contributed by atoms with Crippen LogP contribution in [0.25, 0.3) is 39.6 Å². The minimum atomic E-state index is -0.292. The summed E-state index contributed by atoms with van der Waals surface area (Å²) in [7, 11) is 0. The van der Waals surface area contributed by atoms with Crippen molar-refractivity contribution in [3.05, 3.63) is 191 Å². The minimum Gasteiger partial charge on any atom is -0.459 e. The predicted molar refractivity (Wildman–Crippen MR) is 202 cm³/mol. The van der Waals surface area contributed by atoms with Gasteiger partial charge in [-0.2, -0.15) is 0 Å². The summed E-state index contributed by atoms with van der Waals surface area (Å²) < 4.78 is 9.03. The van der Waals surface area contributed by atoms with Gasteiger partial charge < -0.3 is 14.6 Å². The van der Waals surface area contributed by atoms with E-state index in [0.29, 0.717) is 5.84 Å². The Kier molecular flexibility index (Phi) is 6.62. The zero-order valence-corrected chi connectivity index (χ0v) is 27.2. The number of ether oxygens (including phenoxy) is 1. The number of aliphatic imine (C=N–C) groups is 2. The lowest BCUT2D eigenvalue weighted by atomic mass is 9.91. The molecule has 3 aliphatic rings. The lowest BCUT2D eigenvalue weighted by Gasteiger charge is -2.24. The van der Waals surface area contributed by atoms with Crippen molar-refractivity contribution in [3.8, 4) is 22.6 Å². The van der Waals surface area contributed by atoms with Crippen molar-refractivity contribution >= 4 is 34.4 Å². The van der Waals surface area contributed by atoms with Crippen LogP contribution in [0.3, 0.4) is 0 Å². The number of aromatic nitrogens is 1. The van der Waals surface area contributed by atoms with Crippen LogP contribution >= 0.6 is 0 Å². The number of benzene rings is 6. The van der Waals surface area contributed by atoms with Crippen LogP contribution in [-0.2, 0) is 0 Å². The number of hydrogen-bond donors (Lipinski definition) is 1. The Morgan fingerprint density at radius 1 is 0.640 bits per heavy atom. The summed E-state index contributed by atoms with van der Waals surface area (Å²) in [6.45, 7) is 0. The van der Waals surface area contributed by atoms with Gasteiger partial charge in [-0.1, -0.05) is 133 Å². The second-order valence-electron chi connectivity index (χ2n) is 13.0. The smallest absolute Gasteiger partial charge is 0.159 e. The molecule has 2 aliphatic heterocycles. The first-order valence-electron chi connectivity index (χ1n) is 17.1. The molecule has 5 heteroatoms. The second-order valence-corrected chi connectivity index (χ2v) is 13.0. The first-order valence-corrected chi connectivity index (χ1v) is 17.1. The van der Waals surface area contributed by atoms with Gasteiger partial charge in [-0.15, -0.1) is 0 Å². The molecule has 0 bridgehead atoms. The van der Waals surface area contributed by atoms with E-state index in [1.54, 1.807) is 0 Å². The first kappa shape index (κ1) is 28.5. The molecule has 2 atom stereocenters. The number of rotatable bonds is 5. The first-order chi connectivity index (χ1) is 24.8. The van der Waals surface area contributed by atoms with Crippen LogP contribution in [0.2, 0.25) is 0 Å². The lowest BCUT2D eigenvalue weighted by Crippen LogP contribution is -2.36. The number of nitrogens with zero attached hydrogens (tertiary/aromatic N) is 3. The van der Waals surface area contributed by atoms with Gasteiger partial charge >= 0.3 is 0 Å². The van der Waals surface area contributed by atoms with E-state index < -0.39 is 0 Å². The van der Waals surface area contributed by atoms with E-state index >= 15 is 0 Å². The number of amidine groups is 2. The quantitative estimate of drug-likeness (QED) is 0.205. The fraction of sp³-hybridized carbons (Fsp3) is 0.0667. The Morgan fingerprint density at radius 3 is 2.26 bits per heavy atom. The molecule has 238 valence electrons. The van der Waals surface area contributed by atoms with Crippen molar-refractivity contribution in [2.24, 2.45) is 9.98 Å². The summed E-state index contributed by atoms with van der Waals surface area (Å²) in [5.74, 6) is 3.65. The van der Waals surface area contributed by atoms with E-state index in [9.17, 15) is 0 Å². The Labute approximate surface area is 289 Å². The van der Waals surface area contributed by atoms with Gasteiger partial charge in [-0.05, 0) is 53.4 Å². The summed E-state index contributed by atoms with van der Waals surface area (Å²) in [4.78, 5) is 10.4. The zero-order valence-electron chi connectivity index (χ0n) is 27.2. The summed E-state index contributed by atoms with van der Waals surface area (Å²) in [6, 6.07) is 55.1. The molecular weight excluding hydrogens is 613 g/mol. The van der Waals surface area contributed by atoms with Crippen molar-refractivity contribution in [2.75, 3.05) is 0 Å². The molecule has 2 unspecified atom stereocenters. The molecule has 1 aliphatic carbocycles. The fourth-order valence-corrected chi connectivity index (χ4v) is 7.65. The Bertz CT molecular complexity index is 2640. The summed E-state index contributed by atoms with van der Waals surface area (Å²) in [5, 5.41) is 7.21. The predicted octanol–water partition coefficient (Wildman–Crippen LogP) is 8.26. The van der Waals surface area contributed by atoms with Crippen LogP contribution in [0.4, 0.5) is 0 Å². The minimum absolute atomic E-state index is 0.198. The van der Waals surface area contributed by atoms with Crippen LogP contribution in [-0.4, -0.2) is 16.2 Å². The van der Waals surface area contributed by atoms with Crippen molar-refractivity contribution in [2.45, 2.75) is 18.5 Å². The highest BCUT2D eigenvalue weighted by atomic mass is 16.5. The van der Waals surface area contributed by atoms with E-state index in [1.807, 2.05) is 12.1 Å². The highest BCUT2D eigenvalue weighted by Gasteiger charge is 2.33. The van der Waals surface area contributed by atoms with E-state index in [-0.39, 0.29) is 12.1 Å². The number of para-hydroxylation sites is 2. The van der Waals surface area contributed by atoms with Crippen LogP contribution in [0.1, 0.15) is 40.8 Å². The average Bonchev–Trinajstić information content (AvgIpc) is 3.75. The zero-order chi connectivity index (χ0) is 33.0. The van der Waals surface area contributed by atoms with Crippen LogP contribution < -0.4 is 20.6 Å². The normalized spacial score (nSPS) is 17.4. The molecule has 6 aromatic carbocycles. The van der Waals surface area contributed by atoms with E-state index in [4.69, 9.17) is 14.7 Å². The topological polar surface area (TPSA) is 50.9 Å². The number of nitrogens with one attached hydrogen (secondary N) is 1. The molecular formula is C45H32N4O. The summed E-state index contributed by atoms with van der Waals surface area (Å²) in [6.07, 6.45) is 3.01. The highest BCUT2D eigenvalue weighted by Crippen LogP contribution is 2.44. The molecule has 0 saturated heterocycles. The lowest BCUT2D eigenvalue weighted by molar-refractivity contribution is 0.505. The standard InChI is InChI=1S/C45H32N4O/c1-3-13-29(14-4-1)31-17-11-18-32(27-31)44-46-43(30-15-5-2-6-16-30)47-45(48-44)33-19-12-20-34(28-33)49-39-23-9-7-21-35(39)37-25-26-38-36-22-8-10-24-40(36)50-42(38)41(37)49/h1-25,27-28,38,43H,26H2,(H,46,47,48). The SMILES string of the molecule is C1=c2c(n(-c3cccc(C4=NC(c5ccccc5)NC(c5cccc(-c6ccccc6)c5)=N4)c3)c3ccccc23)=C2Oc3ccccc3C2C1. The third kappa shape index (κ3) is 4.70. The van der Waals surface area contributed by atoms with Gasteiger partial charge in [-0.3, -0.25) is 0 Å². The molecule has 50 heavy (non-hydrogen) atoms. The maximum Gasteiger partial charge on any atom is 0.159 e. The second kappa shape index (κ2) is 11.6. The summed E-state index contributed by atoms with van der Waals surface area (Å²) in [5.41, 5.74) is 8.79. The van der Waals surface area contributed by atoms with E-state index in [1.165, 1.54) is 21.7 Å².